The third-order valence-electron chi connectivity index (χ3n) is 4.02. The van der Waals surface area contributed by atoms with Gasteiger partial charge in [-0.2, -0.15) is 0 Å². The van der Waals surface area contributed by atoms with E-state index in [0.29, 0.717) is 11.3 Å². The van der Waals surface area contributed by atoms with Crippen molar-refractivity contribution in [3.05, 3.63) is 59.2 Å². The number of hydrogen-bond acceptors (Lipinski definition) is 5. The molecule has 156 valence electrons. The fraction of sp³-hybridized carbons (Fsp3) is 0.300. The van der Waals surface area contributed by atoms with Crippen molar-refractivity contribution in [2.45, 2.75) is 25.7 Å². The van der Waals surface area contributed by atoms with E-state index in [1.165, 1.54) is 12.1 Å². The van der Waals surface area contributed by atoms with Gasteiger partial charge in [-0.15, -0.1) is 0 Å². The molecule has 8 nitrogen and oxygen atoms in total. The van der Waals surface area contributed by atoms with Gasteiger partial charge in [-0.1, -0.05) is 23.8 Å². The summed E-state index contributed by atoms with van der Waals surface area (Å²) >= 11 is 0. The lowest BCUT2D eigenvalue weighted by atomic mass is 10.1. The Kier molecular flexibility index (Phi) is 7.60. The van der Waals surface area contributed by atoms with Crippen molar-refractivity contribution in [3.63, 3.8) is 0 Å². The minimum Gasteiger partial charge on any atom is -0.450 e. The molecule has 0 saturated carbocycles. The van der Waals surface area contributed by atoms with Gasteiger partial charge in [0.05, 0.1) is 11.5 Å². The van der Waals surface area contributed by atoms with Crippen molar-refractivity contribution in [3.8, 4) is 0 Å². The van der Waals surface area contributed by atoms with Crippen molar-refractivity contribution in [1.29, 1.82) is 0 Å². The smallest absolute Gasteiger partial charge is 0.407 e. The molecule has 2 rings (SSSR count). The molecule has 0 aliphatic heterocycles. The molecule has 29 heavy (non-hydrogen) atoms. The topological polar surface area (TPSA) is 114 Å². The molecule has 0 unspecified atom stereocenters. The highest BCUT2D eigenvalue weighted by molar-refractivity contribution is 7.92. The fourth-order valence-corrected chi connectivity index (χ4v) is 3.55. The van der Waals surface area contributed by atoms with Gasteiger partial charge in [-0.3, -0.25) is 9.52 Å². The summed E-state index contributed by atoms with van der Waals surface area (Å²) in [6.07, 6.45) is -0.562. The lowest BCUT2D eigenvalue weighted by molar-refractivity contribution is 0.0951. The van der Waals surface area contributed by atoms with E-state index < -0.39 is 22.0 Å². The zero-order chi connectivity index (χ0) is 21.4. The number of alkyl carbamates (subject to hydrolysis) is 1. The number of benzene rings is 2. The molecular weight excluding hydrogens is 394 g/mol. The Morgan fingerprint density at radius 2 is 1.62 bits per heavy atom. The number of carbonyl (C=O) groups is 2. The molecule has 2 amide bonds. The van der Waals surface area contributed by atoms with Crippen molar-refractivity contribution >= 4 is 27.7 Å². The maximum atomic E-state index is 12.7. The lowest BCUT2D eigenvalue weighted by Gasteiger charge is -2.12. The Morgan fingerprint density at radius 3 is 2.28 bits per heavy atom. The number of ether oxygens (including phenoxy) is 1. The zero-order valence-corrected chi connectivity index (χ0v) is 17.4. The van der Waals surface area contributed by atoms with E-state index in [-0.39, 0.29) is 30.2 Å². The molecule has 0 fully saturated rings. The normalized spacial score (nSPS) is 10.9. The summed E-state index contributed by atoms with van der Waals surface area (Å²) in [6, 6.07) is 11.3. The summed E-state index contributed by atoms with van der Waals surface area (Å²) in [7, 11) is -3.85. The van der Waals surface area contributed by atoms with Crippen molar-refractivity contribution in [1.82, 2.24) is 10.6 Å². The number of carbonyl (C=O) groups excluding carboxylic acids is 2. The van der Waals surface area contributed by atoms with Gasteiger partial charge >= 0.3 is 6.09 Å². The summed E-state index contributed by atoms with van der Waals surface area (Å²) in [4.78, 5) is 23.6. The Labute approximate surface area is 170 Å². The van der Waals surface area contributed by atoms with E-state index in [2.05, 4.69) is 15.4 Å². The van der Waals surface area contributed by atoms with E-state index in [1.54, 1.807) is 44.2 Å². The van der Waals surface area contributed by atoms with Crippen LogP contribution in [0.15, 0.2) is 47.4 Å². The van der Waals surface area contributed by atoms with Crippen LogP contribution in [0.5, 0.6) is 0 Å². The second kappa shape index (κ2) is 9.92. The quantitative estimate of drug-likeness (QED) is 0.569. The number of anilines is 1. The Bertz CT molecular complexity index is 972. The Balaban J connectivity index is 2.07. The maximum absolute atomic E-state index is 12.7. The third-order valence-corrected chi connectivity index (χ3v) is 5.40. The van der Waals surface area contributed by atoms with E-state index in [1.807, 2.05) is 6.92 Å². The second-order valence-corrected chi connectivity index (χ2v) is 8.03. The molecule has 2 aromatic carbocycles. The first-order chi connectivity index (χ1) is 13.7. The van der Waals surface area contributed by atoms with Crippen LogP contribution in [-0.4, -0.2) is 40.1 Å². The average molecular weight is 420 g/mol. The van der Waals surface area contributed by atoms with Gasteiger partial charge < -0.3 is 15.4 Å². The molecule has 0 aromatic heterocycles. The number of sulfonamides is 1. The van der Waals surface area contributed by atoms with Crippen LogP contribution in [0, 0.1) is 13.8 Å². The molecule has 0 bridgehead atoms. The van der Waals surface area contributed by atoms with E-state index in [9.17, 15) is 18.0 Å². The molecule has 0 saturated heterocycles. The number of nitrogens with one attached hydrogen (secondary N) is 3. The second-order valence-electron chi connectivity index (χ2n) is 6.35. The van der Waals surface area contributed by atoms with Crippen LogP contribution in [0.2, 0.25) is 0 Å². The molecule has 0 radical (unpaired) electrons. The summed E-state index contributed by atoms with van der Waals surface area (Å²) in [5.74, 6) is -0.430. The van der Waals surface area contributed by atoms with Gasteiger partial charge in [-0.05, 0) is 50.6 Å². The predicted octanol–water partition coefficient (Wildman–Crippen LogP) is 2.58. The fourth-order valence-electron chi connectivity index (χ4n) is 2.47. The minimum absolute atomic E-state index is 0.0153. The molecule has 0 aliphatic carbocycles. The van der Waals surface area contributed by atoms with Gasteiger partial charge in [0.2, 0.25) is 0 Å². The van der Waals surface area contributed by atoms with Gasteiger partial charge in [0.1, 0.15) is 0 Å². The zero-order valence-electron chi connectivity index (χ0n) is 16.6. The number of hydrogen-bond donors (Lipinski definition) is 3. The standard InChI is InChI=1S/C20H25N3O5S/c1-4-28-20(25)22-12-11-21-19(24)18-13-17(10-7-15(18)3)29(26,27)23-16-8-5-14(2)6-9-16/h5-10,13,23H,4,11-12H2,1-3H3,(H,21,24)(H,22,25). The number of amides is 2. The number of aryl methyl sites for hydroxylation is 2. The van der Waals surface area contributed by atoms with Gasteiger partial charge in [-0.25, -0.2) is 13.2 Å². The molecule has 3 N–H and O–H groups in total. The molecule has 0 atom stereocenters. The van der Waals surface area contributed by atoms with Crippen LogP contribution in [0.25, 0.3) is 0 Å². The van der Waals surface area contributed by atoms with Crippen LogP contribution in [0.4, 0.5) is 10.5 Å². The van der Waals surface area contributed by atoms with Crippen LogP contribution in [0.3, 0.4) is 0 Å². The molecule has 0 heterocycles. The van der Waals surface area contributed by atoms with Gasteiger partial charge in [0, 0.05) is 24.3 Å². The molecule has 2 aromatic rings. The summed E-state index contributed by atoms with van der Waals surface area (Å²) < 4.78 is 32.6. The highest BCUT2D eigenvalue weighted by Gasteiger charge is 2.18. The molecule has 0 aliphatic rings. The minimum atomic E-state index is -3.85. The predicted molar refractivity (Wildman–Crippen MR) is 111 cm³/mol. The number of rotatable bonds is 8. The van der Waals surface area contributed by atoms with Crippen molar-refractivity contribution in [2.24, 2.45) is 0 Å². The monoisotopic (exact) mass is 419 g/mol. The summed E-state index contributed by atoms with van der Waals surface area (Å²) in [5.41, 5.74) is 2.33. The highest BCUT2D eigenvalue weighted by atomic mass is 32.2. The SMILES string of the molecule is CCOC(=O)NCCNC(=O)c1cc(S(=O)(=O)Nc2ccc(C)cc2)ccc1C. The van der Waals surface area contributed by atoms with Crippen LogP contribution < -0.4 is 15.4 Å². The highest BCUT2D eigenvalue weighted by Crippen LogP contribution is 2.19. The average Bonchev–Trinajstić information content (AvgIpc) is 2.67. The van der Waals surface area contributed by atoms with Crippen molar-refractivity contribution in [2.75, 3.05) is 24.4 Å². The van der Waals surface area contributed by atoms with E-state index >= 15 is 0 Å². The Morgan fingerprint density at radius 1 is 0.966 bits per heavy atom. The lowest BCUT2D eigenvalue weighted by Crippen LogP contribution is -2.35. The first-order valence-electron chi connectivity index (χ1n) is 9.12. The van der Waals surface area contributed by atoms with Crippen LogP contribution >= 0.6 is 0 Å². The first kappa shape index (κ1) is 22.2. The van der Waals surface area contributed by atoms with E-state index in [0.717, 1.165) is 5.56 Å². The molecular formula is C20H25N3O5S. The van der Waals surface area contributed by atoms with Crippen LogP contribution in [0.1, 0.15) is 28.4 Å². The van der Waals surface area contributed by atoms with Crippen molar-refractivity contribution < 1.29 is 22.7 Å². The first-order valence-corrected chi connectivity index (χ1v) is 10.6. The maximum Gasteiger partial charge on any atom is 0.407 e. The van der Waals surface area contributed by atoms with Gasteiger partial charge in [0.15, 0.2) is 0 Å². The molecule has 0 spiro atoms. The van der Waals surface area contributed by atoms with Crippen LogP contribution in [-0.2, 0) is 14.8 Å². The summed E-state index contributed by atoms with van der Waals surface area (Å²) in [5, 5.41) is 5.14. The van der Waals surface area contributed by atoms with Gasteiger partial charge in [0.25, 0.3) is 15.9 Å². The third kappa shape index (κ3) is 6.49. The largest absolute Gasteiger partial charge is 0.450 e. The van der Waals surface area contributed by atoms with E-state index in [4.69, 9.17) is 4.74 Å². The Hall–Kier alpha value is -3.07. The summed E-state index contributed by atoms with van der Waals surface area (Å²) in [6.45, 7) is 5.95. The molecule has 9 heteroatoms.